The normalized spacial score (nSPS) is 6.00. The average molecular weight is 194 g/mol. The SMILES string of the molecule is CCCO.[CsH]. The first kappa shape index (κ1) is 10.1. The van der Waals surface area contributed by atoms with E-state index in [1.165, 1.54) is 0 Å². The molecule has 1 N–H and O–H groups in total. The standard InChI is InChI=1S/C3H8O.Cs.H/c1-2-3-4;;/h4H,2-3H2,1H3;;. The molecule has 0 aliphatic carbocycles. The Balaban J connectivity index is 0. The van der Waals surface area contributed by atoms with Crippen molar-refractivity contribution in [2.45, 2.75) is 13.3 Å². The van der Waals surface area contributed by atoms with E-state index in [2.05, 4.69) is 0 Å². The first-order valence-corrected chi connectivity index (χ1v) is 1.52. The number of hydrogen-bond donors (Lipinski definition) is 1. The molecule has 0 aromatic heterocycles. The summed E-state index contributed by atoms with van der Waals surface area (Å²) in [6.45, 7) is 2.25. The molecule has 0 fully saturated rings. The molecule has 0 spiro atoms. The third-order valence-corrected chi connectivity index (χ3v) is 0.224. The van der Waals surface area contributed by atoms with Gasteiger partial charge in [0, 0.05) is 6.61 Å². The van der Waals surface area contributed by atoms with Crippen molar-refractivity contribution in [3.8, 4) is 0 Å². The zero-order chi connectivity index (χ0) is 3.41. The van der Waals surface area contributed by atoms with E-state index in [0.717, 1.165) is 6.42 Å². The molecule has 0 aliphatic heterocycles. The van der Waals surface area contributed by atoms with Crippen molar-refractivity contribution < 1.29 is 5.11 Å². The fourth-order valence-corrected chi connectivity index (χ4v) is 0. The van der Waals surface area contributed by atoms with Crippen molar-refractivity contribution in [1.82, 2.24) is 0 Å². The summed E-state index contributed by atoms with van der Waals surface area (Å²) < 4.78 is 0. The molecule has 0 radical (unpaired) electrons. The molecular formula is C3H9CsO. The Labute approximate surface area is 91.6 Å². The molecule has 0 atom stereocenters. The predicted octanol–water partition coefficient (Wildman–Crippen LogP) is -0.260. The van der Waals surface area contributed by atoms with E-state index >= 15 is 0 Å². The summed E-state index contributed by atoms with van der Waals surface area (Å²) in [5, 5.41) is 7.88. The molecule has 5 heavy (non-hydrogen) atoms. The molecule has 0 unspecified atom stereocenters. The van der Waals surface area contributed by atoms with Gasteiger partial charge in [0.25, 0.3) is 0 Å². The van der Waals surface area contributed by atoms with Crippen molar-refractivity contribution in [2.24, 2.45) is 0 Å². The van der Waals surface area contributed by atoms with Crippen molar-refractivity contribution in [2.75, 3.05) is 6.61 Å². The molecule has 0 aliphatic rings. The molecule has 0 bridgehead atoms. The predicted molar refractivity (Wildman–Crippen MR) is 24.5 cm³/mol. The average Bonchev–Trinajstić information content (AvgIpc) is 1.37. The van der Waals surface area contributed by atoms with Gasteiger partial charge in [-0.1, -0.05) is 6.92 Å². The summed E-state index contributed by atoms with van der Waals surface area (Å²) >= 11 is 0. The minimum absolute atomic E-state index is 0. The van der Waals surface area contributed by atoms with E-state index in [1.54, 1.807) is 0 Å². The number of aliphatic hydroxyl groups is 1. The zero-order valence-electron chi connectivity index (χ0n) is 2.86. The van der Waals surface area contributed by atoms with Crippen LogP contribution < -0.4 is 0 Å². The summed E-state index contributed by atoms with van der Waals surface area (Å²) in [4.78, 5) is 0. The quantitative estimate of drug-likeness (QED) is 0.609. The van der Waals surface area contributed by atoms with Gasteiger partial charge in [-0.2, -0.15) is 0 Å². The summed E-state index contributed by atoms with van der Waals surface area (Å²) in [7, 11) is 0. The van der Waals surface area contributed by atoms with Crippen LogP contribution in [-0.2, 0) is 0 Å². The van der Waals surface area contributed by atoms with E-state index in [4.69, 9.17) is 5.11 Å². The van der Waals surface area contributed by atoms with E-state index < -0.39 is 0 Å². The van der Waals surface area contributed by atoms with Crippen LogP contribution in [0.25, 0.3) is 0 Å². The van der Waals surface area contributed by atoms with Gasteiger partial charge in [-0.15, -0.1) is 0 Å². The van der Waals surface area contributed by atoms with E-state index in [1.807, 2.05) is 6.92 Å². The molecule has 0 saturated heterocycles. The second-order valence-corrected chi connectivity index (χ2v) is 0.724. The third kappa shape index (κ3) is 10.7. The third-order valence-electron chi connectivity index (χ3n) is 0.224. The van der Waals surface area contributed by atoms with Crippen LogP contribution in [0.5, 0.6) is 0 Å². The van der Waals surface area contributed by atoms with E-state index in [-0.39, 0.29) is 68.9 Å². The zero-order valence-corrected chi connectivity index (χ0v) is 2.86. The van der Waals surface area contributed by atoms with E-state index in [9.17, 15) is 0 Å². The van der Waals surface area contributed by atoms with Crippen LogP contribution in [0.1, 0.15) is 13.3 Å². The summed E-state index contributed by atoms with van der Waals surface area (Å²) in [6.07, 6.45) is 0.875. The Morgan fingerprint density at radius 1 is 1.60 bits per heavy atom. The Morgan fingerprint density at radius 2 is 1.80 bits per heavy atom. The molecule has 0 aromatic carbocycles. The van der Waals surface area contributed by atoms with Gasteiger partial charge < -0.3 is 5.11 Å². The maximum atomic E-state index is 7.88. The molecule has 2 heteroatoms. The fraction of sp³-hybridized carbons (Fsp3) is 1.00. The Hall–Kier alpha value is 2.01. The van der Waals surface area contributed by atoms with Gasteiger partial charge in [-0.3, -0.25) is 0 Å². The van der Waals surface area contributed by atoms with Crippen LogP contribution in [0, 0.1) is 0 Å². The molecule has 28 valence electrons. The fourth-order valence-electron chi connectivity index (χ4n) is 0. The molecule has 0 rings (SSSR count). The van der Waals surface area contributed by atoms with Crippen molar-refractivity contribution >= 4 is 68.9 Å². The summed E-state index contributed by atoms with van der Waals surface area (Å²) in [5.41, 5.74) is 0. The maximum absolute atomic E-state index is 7.88. The summed E-state index contributed by atoms with van der Waals surface area (Å²) in [5.74, 6) is 0. The number of rotatable bonds is 1. The monoisotopic (exact) mass is 194 g/mol. The number of aliphatic hydroxyl groups excluding tert-OH is 1. The second-order valence-electron chi connectivity index (χ2n) is 0.724. The molecular weight excluding hydrogens is 185 g/mol. The number of hydrogen-bond acceptors (Lipinski definition) is 1. The second kappa shape index (κ2) is 9.38. The van der Waals surface area contributed by atoms with Gasteiger partial charge in [-0.05, 0) is 6.42 Å². The molecule has 0 aromatic rings. The van der Waals surface area contributed by atoms with Crippen molar-refractivity contribution in [1.29, 1.82) is 0 Å². The van der Waals surface area contributed by atoms with Crippen LogP contribution in [0.15, 0.2) is 0 Å². The van der Waals surface area contributed by atoms with Gasteiger partial charge in [-0.25, -0.2) is 0 Å². The first-order valence-electron chi connectivity index (χ1n) is 1.52. The molecule has 0 amide bonds. The van der Waals surface area contributed by atoms with Gasteiger partial charge in [0.2, 0.25) is 0 Å². The van der Waals surface area contributed by atoms with Crippen molar-refractivity contribution in [3.63, 3.8) is 0 Å². The first-order chi connectivity index (χ1) is 1.91. The topological polar surface area (TPSA) is 20.2 Å². The van der Waals surface area contributed by atoms with Gasteiger partial charge >= 0.3 is 68.9 Å². The molecule has 0 saturated carbocycles. The van der Waals surface area contributed by atoms with Crippen LogP contribution in [0.3, 0.4) is 0 Å². The van der Waals surface area contributed by atoms with Gasteiger partial charge in [0.1, 0.15) is 0 Å². The Bertz CT molecular complexity index is 8.85. The Morgan fingerprint density at radius 3 is 1.80 bits per heavy atom. The van der Waals surface area contributed by atoms with Crippen LogP contribution in [0.2, 0.25) is 0 Å². The van der Waals surface area contributed by atoms with Crippen molar-refractivity contribution in [3.05, 3.63) is 0 Å². The van der Waals surface area contributed by atoms with Crippen LogP contribution in [-0.4, -0.2) is 80.6 Å². The van der Waals surface area contributed by atoms with Gasteiger partial charge in [0.05, 0.1) is 0 Å². The molecule has 0 heterocycles. The Kier molecular flexibility index (Phi) is 18.9. The van der Waals surface area contributed by atoms with E-state index in [0.29, 0.717) is 6.61 Å². The van der Waals surface area contributed by atoms with Gasteiger partial charge in [0.15, 0.2) is 0 Å². The molecule has 1 nitrogen and oxygen atoms in total. The summed E-state index contributed by atoms with van der Waals surface area (Å²) in [6, 6.07) is 0. The van der Waals surface area contributed by atoms with Crippen LogP contribution in [0.4, 0.5) is 0 Å². The van der Waals surface area contributed by atoms with Crippen LogP contribution >= 0.6 is 0 Å². The minimum atomic E-state index is 0.